The lowest BCUT2D eigenvalue weighted by Gasteiger charge is -2.16. The minimum absolute atomic E-state index is 0.237. The van der Waals surface area contributed by atoms with E-state index >= 15 is 0 Å². The van der Waals surface area contributed by atoms with Gasteiger partial charge in [-0.2, -0.15) is 0 Å². The lowest BCUT2D eigenvalue weighted by atomic mass is 9.95. The van der Waals surface area contributed by atoms with Crippen LogP contribution in [0.3, 0.4) is 0 Å². The van der Waals surface area contributed by atoms with Crippen LogP contribution in [0.25, 0.3) is 0 Å². The number of halogens is 1. The fourth-order valence-electron chi connectivity index (χ4n) is 2.54. The van der Waals surface area contributed by atoms with Crippen LogP contribution in [-0.2, 0) is 9.59 Å². The largest absolute Gasteiger partial charge is 0.495 e. The second kappa shape index (κ2) is 6.26. The topological polar surface area (TPSA) is 75.6 Å². The number of methoxy groups -OCH3 is 1. The Morgan fingerprint density at radius 1 is 1.35 bits per heavy atom. The molecule has 0 heterocycles. The number of aliphatic carboxylic acids is 1. The van der Waals surface area contributed by atoms with Gasteiger partial charge in [0.05, 0.1) is 23.4 Å². The monoisotopic (exact) mass is 341 g/mol. The summed E-state index contributed by atoms with van der Waals surface area (Å²) < 4.78 is 5.95. The van der Waals surface area contributed by atoms with Crippen molar-refractivity contribution in [3.05, 3.63) is 22.7 Å². The third-order valence-electron chi connectivity index (χ3n) is 3.59. The van der Waals surface area contributed by atoms with E-state index in [2.05, 4.69) is 21.2 Å². The van der Waals surface area contributed by atoms with Gasteiger partial charge in [-0.15, -0.1) is 0 Å². The highest BCUT2D eigenvalue weighted by Crippen LogP contribution is 2.34. The third-order valence-corrected chi connectivity index (χ3v) is 4.24. The van der Waals surface area contributed by atoms with Crippen LogP contribution in [0, 0.1) is 11.8 Å². The molecule has 2 N–H and O–H groups in total. The van der Waals surface area contributed by atoms with Crippen molar-refractivity contribution >= 4 is 33.5 Å². The quantitative estimate of drug-likeness (QED) is 0.882. The predicted molar refractivity (Wildman–Crippen MR) is 77.8 cm³/mol. The third kappa shape index (κ3) is 3.12. The van der Waals surface area contributed by atoms with E-state index < -0.39 is 17.8 Å². The van der Waals surface area contributed by atoms with Crippen molar-refractivity contribution in [2.45, 2.75) is 19.3 Å². The van der Waals surface area contributed by atoms with Crippen molar-refractivity contribution in [3.63, 3.8) is 0 Å². The summed E-state index contributed by atoms with van der Waals surface area (Å²) in [6.07, 6.45) is 1.96. The summed E-state index contributed by atoms with van der Waals surface area (Å²) in [5, 5.41) is 11.9. The number of hydrogen-bond acceptors (Lipinski definition) is 3. The van der Waals surface area contributed by atoms with Crippen LogP contribution in [0.4, 0.5) is 5.69 Å². The zero-order valence-corrected chi connectivity index (χ0v) is 12.6. The lowest BCUT2D eigenvalue weighted by Crippen LogP contribution is -2.29. The molecule has 1 fully saturated rings. The Kier molecular flexibility index (Phi) is 4.65. The second-order valence-corrected chi connectivity index (χ2v) is 5.68. The van der Waals surface area contributed by atoms with Crippen LogP contribution < -0.4 is 10.1 Å². The van der Waals surface area contributed by atoms with Crippen molar-refractivity contribution < 1.29 is 19.4 Å². The van der Waals surface area contributed by atoms with E-state index in [0.29, 0.717) is 24.3 Å². The second-order valence-electron chi connectivity index (χ2n) is 4.82. The van der Waals surface area contributed by atoms with Gasteiger partial charge in [-0.05, 0) is 40.9 Å². The summed E-state index contributed by atoms with van der Waals surface area (Å²) in [5.74, 6) is -1.55. The molecule has 0 saturated heterocycles. The van der Waals surface area contributed by atoms with Crippen LogP contribution in [0.1, 0.15) is 19.3 Å². The van der Waals surface area contributed by atoms with E-state index in [4.69, 9.17) is 9.84 Å². The molecule has 0 bridgehead atoms. The molecule has 0 aromatic heterocycles. The highest BCUT2D eigenvalue weighted by atomic mass is 79.9. The van der Waals surface area contributed by atoms with E-state index in [1.54, 1.807) is 25.3 Å². The maximum absolute atomic E-state index is 12.2. The van der Waals surface area contributed by atoms with Gasteiger partial charge in [0.2, 0.25) is 5.91 Å². The van der Waals surface area contributed by atoms with E-state index in [9.17, 15) is 9.59 Å². The highest BCUT2D eigenvalue weighted by Gasteiger charge is 2.37. The molecule has 1 aromatic carbocycles. The predicted octanol–water partition coefficient (Wildman–Crippen LogP) is 2.90. The molecule has 1 aliphatic rings. The molecule has 1 aromatic rings. The maximum atomic E-state index is 12.2. The number of carboxylic acids is 1. The summed E-state index contributed by atoms with van der Waals surface area (Å²) in [6, 6.07) is 5.22. The number of carboxylic acid groups (broad SMARTS) is 1. The van der Waals surface area contributed by atoms with Crippen molar-refractivity contribution in [3.8, 4) is 5.75 Å². The molecule has 6 heteroatoms. The molecule has 108 valence electrons. The zero-order chi connectivity index (χ0) is 14.7. The number of rotatable bonds is 4. The first-order valence-corrected chi connectivity index (χ1v) is 7.19. The molecule has 1 saturated carbocycles. The Labute approximate surface area is 125 Å². The molecular weight excluding hydrogens is 326 g/mol. The van der Waals surface area contributed by atoms with Crippen molar-refractivity contribution in [1.82, 2.24) is 0 Å². The van der Waals surface area contributed by atoms with Gasteiger partial charge in [0.25, 0.3) is 0 Å². The SMILES string of the molecule is COc1cc(NC(=O)C2CCCC2C(=O)O)ccc1Br. The first kappa shape index (κ1) is 14.8. The van der Waals surface area contributed by atoms with E-state index in [-0.39, 0.29) is 5.91 Å². The summed E-state index contributed by atoms with van der Waals surface area (Å²) in [7, 11) is 1.54. The zero-order valence-electron chi connectivity index (χ0n) is 11.1. The molecule has 5 nitrogen and oxygen atoms in total. The molecule has 0 radical (unpaired) electrons. The Bertz CT molecular complexity index is 532. The van der Waals surface area contributed by atoms with E-state index in [1.165, 1.54) is 0 Å². The Balaban J connectivity index is 2.09. The van der Waals surface area contributed by atoms with Crippen molar-refractivity contribution in [2.24, 2.45) is 11.8 Å². The number of carbonyl (C=O) groups is 2. The van der Waals surface area contributed by atoms with Crippen molar-refractivity contribution in [2.75, 3.05) is 12.4 Å². The Morgan fingerprint density at radius 3 is 2.70 bits per heavy atom. The standard InChI is InChI=1S/C14H16BrNO4/c1-20-12-7-8(5-6-11(12)15)16-13(17)9-3-2-4-10(9)14(18)19/h5-7,9-10H,2-4H2,1H3,(H,16,17)(H,18,19). The average Bonchev–Trinajstić information content (AvgIpc) is 2.90. The summed E-state index contributed by atoms with van der Waals surface area (Å²) in [5.41, 5.74) is 0.603. The molecule has 2 atom stereocenters. The number of benzene rings is 1. The average molecular weight is 342 g/mol. The van der Waals surface area contributed by atoms with Gasteiger partial charge in [-0.3, -0.25) is 9.59 Å². The van der Waals surface area contributed by atoms with Gasteiger partial charge in [-0.25, -0.2) is 0 Å². The summed E-state index contributed by atoms with van der Waals surface area (Å²) in [4.78, 5) is 23.3. The van der Waals surface area contributed by atoms with E-state index in [1.807, 2.05) is 0 Å². The molecule has 20 heavy (non-hydrogen) atoms. The smallest absolute Gasteiger partial charge is 0.307 e. The fraction of sp³-hybridized carbons (Fsp3) is 0.429. The normalized spacial score (nSPS) is 21.5. The van der Waals surface area contributed by atoms with Gasteiger partial charge < -0.3 is 15.2 Å². The van der Waals surface area contributed by atoms with Crippen molar-refractivity contribution in [1.29, 1.82) is 0 Å². The molecule has 1 amide bonds. The summed E-state index contributed by atoms with van der Waals surface area (Å²) >= 11 is 3.34. The van der Waals surface area contributed by atoms with Crippen LogP contribution in [0.5, 0.6) is 5.75 Å². The maximum Gasteiger partial charge on any atom is 0.307 e. The highest BCUT2D eigenvalue weighted by molar-refractivity contribution is 9.10. The number of ether oxygens (including phenoxy) is 1. The van der Waals surface area contributed by atoms with Gasteiger partial charge in [-0.1, -0.05) is 6.42 Å². The van der Waals surface area contributed by atoms with Crippen LogP contribution in [0.15, 0.2) is 22.7 Å². The minimum atomic E-state index is -0.893. The van der Waals surface area contributed by atoms with Crippen LogP contribution >= 0.6 is 15.9 Å². The number of carbonyl (C=O) groups excluding carboxylic acids is 1. The lowest BCUT2D eigenvalue weighted by molar-refractivity contribution is -0.145. The fourth-order valence-corrected chi connectivity index (χ4v) is 2.95. The number of nitrogens with one attached hydrogen (secondary N) is 1. The first-order valence-electron chi connectivity index (χ1n) is 6.40. The number of hydrogen-bond donors (Lipinski definition) is 2. The Morgan fingerprint density at radius 2 is 2.05 bits per heavy atom. The molecule has 1 aliphatic carbocycles. The van der Waals surface area contributed by atoms with Gasteiger partial charge in [0.15, 0.2) is 0 Å². The number of amides is 1. The molecule has 2 unspecified atom stereocenters. The molecule has 2 rings (SSSR count). The van der Waals surface area contributed by atoms with Gasteiger partial charge in [0.1, 0.15) is 5.75 Å². The molecular formula is C14H16BrNO4. The van der Waals surface area contributed by atoms with Gasteiger partial charge in [0, 0.05) is 11.8 Å². The first-order chi connectivity index (χ1) is 9.52. The van der Waals surface area contributed by atoms with Gasteiger partial charge >= 0.3 is 5.97 Å². The minimum Gasteiger partial charge on any atom is -0.495 e. The van der Waals surface area contributed by atoms with Crippen LogP contribution in [-0.4, -0.2) is 24.1 Å². The summed E-state index contributed by atoms with van der Waals surface area (Å²) in [6.45, 7) is 0. The Hall–Kier alpha value is -1.56. The number of anilines is 1. The van der Waals surface area contributed by atoms with E-state index in [0.717, 1.165) is 10.9 Å². The molecule has 0 spiro atoms. The molecule has 0 aliphatic heterocycles. The van der Waals surface area contributed by atoms with Crippen LogP contribution in [0.2, 0.25) is 0 Å².